The standard InChI is InChI=1S/C20H19NO6/c1-25-16(22)11-15-17(20(24)26-2)18(13-7-4-3-5-8-13)21(19(15)23)12-14-9-6-10-27-14/h3-10,18H,11-12H2,1-2H3. The number of amides is 1. The number of esters is 2. The minimum atomic E-state index is -0.684. The summed E-state index contributed by atoms with van der Waals surface area (Å²) in [5.41, 5.74) is 0.956. The summed E-state index contributed by atoms with van der Waals surface area (Å²) in [7, 11) is 2.47. The van der Waals surface area contributed by atoms with Crippen molar-refractivity contribution in [3.05, 3.63) is 71.2 Å². The molecule has 0 spiro atoms. The van der Waals surface area contributed by atoms with E-state index < -0.39 is 23.9 Å². The van der Waals surface area contributed by atoms with Crippen molar-refractivity contribution in [2.45, 2.75) is 19.0 Å². The molecule has 1 amide bonds. The normalized spacial score (nSPS) is 16.6. The number of rotatable bonds is 6. The predicted molar refractivity (Wildman–Crippen MR) is 94.1 cm³/mol. The van der Waals surface area contributed by atoms with Gasteiger partial charge in [-0.3, -0.25) is 9.59 Å². The van der Waals surface area contributed by atoms with Crippen LogP contribution in [0.15, 0.2) is 64.3 Å². The third-order valence-corrected chi connectivity index (χ3v) is 4.40. The van der Waals surface area contributed by atoms with E-state index in [4.69, 9.17) is 9.15 Å². The van der Waals surface area contributed by atoms with Crippen LogP contribution < -0.4 is 0 Å². The number of carbonyl (C=O) groups excluding carboxylic acids is 3. The first-order valence-electron chi connectivity index (χ1n) is 8.33. The van der Waals surface area contributed by atoms with Crippen molar-refractivity contribution in [1.82, 2.24) is 4.90 Å². The van der Waals surface area contributed by atoms with Crippen molar-refractivity contribution >= 4 is 17.8 Å². The third kappa shape index (κ3) is 3.62. The summed E-state index contributed by atoms with van der Waals surface area (Å²) in [6.07, 6.45) is 1.20. The zero-order chi connectivity index (χ0) is 19.4. The Morgan fingerprint density at radius 2 is 1.81 bits per heavy atom. The lowest BCUT2D eigenvalue weighted by Crippen LogP contribution is -2.30. The molecule has 0 aliphatic carbocycles. The van der Waals surface area contributed by atoms with Crippen LogP contribution in [0.25, 0.3) is 0 Å². The summed E-state index contributed by atoms with van der Waals surface area (Å²) in [5.74, 6) is -1.12. The molecule has 1 aromatic heterocycles. The molecule has 3 rings (SSSR count). The van der Waals surface area contributed by atoms with E-state index in [1.807, 2.05) is 30.3 Å². The van der Waals surface area contributed by atoms with Crippen molar-refractivity contribution in [3.8, 4) is 0 Å². The molecule has 27 heavy (non-hydrogen) atoms. The van der Waals surface area contributed by atoms with Gasteiger partial charge in [0.15, 0.2) is 0 Å². The first kappa shape index (κ1) is 18.4. The van der Waals surface area contributed by atoms with E-state index in [-0.39, 0.29) is 24.1 Å². The van der Waals surface area contributed by atoms with E-state index in [1.165, 1.54) is 25.4 Å². The van der Waals surface area contributed by atoms with Crippen LogP contribution in [0, 0.1) is 0 Å². The maximum absolute atomic E-state index is 13.1. The second-order valence-electron chi connectivity index (χ2n) is 5.96. The van der Waals surface area contributed by atoms with Gasteiger partial charge in [0, 0.05) is 5.57 Å². The molecular weight excluding hydrogens is 350 g/mol. The first-order valence-corrected chi connectivity index (χ1v) is 8.33. The number of furan rings is 1. The Morgan fingerprint density at radius 3 is 2.41 bits per heavy atom. The van der Waals surface area contributed by atoms with Gasteiger partial charge in [0.2, 0.25) is 0 Å². The fraction of sp³-hybridized carbons (Fsp3) is 0.250. The molecule has 1 atom stereocenters. The van der Waals surface area contributed by atoms with Gasteiger partial charge in [-0.05, 0) is 17.7 Å². The van der Waals surface area contributed by atoms with E-state index in [2.05, 4.69) is 4.74 Å². The van der Waals surface area contributed by atoms with Crippen LogP contribution in [0.4, 0.5) is 0 Å². The number of ether oxygens (including phenoxy) is 2. The topological polar surface area (TPSA) is 86.1 Å². The zero-order valence-electron chi connectivity index (χ0n) is 15.0. The smallest absolute Gasteiger partial charge is 0.336 e. The van der Waals surface area contributed by atoms with Crippen molar-refractivity contribution in [3.63, 3.8) is 0 Å². The van der Waals surface area contributed by atoms with Gasteiger partial charge in [-0.1, -0.05) is 30.3 Å². The lowest BCUT2D eigenvalue weighted by Gasteiger charge is -2.26. The van der Waals surface area contributed by atoms with E-state index in [9.17, 15) is 14.4 Å². The highest BCUT2D eigenvalue weighted by Crippen LogP contribution is 2.40. The van der Waals surface area contributed by atoms with Gasteiger partial charge in [0.05, 0.1) is 45.1 Å². The predicted octanol–water partition coefficient (Wildman–Crippen LogP) is 2.40. The van der Waals surface area contributed by atoms with E-state index in [0.29, 0.717) is 5.76 Å². The van der Waals surface area contributed by atoms with Crippen LogP contribution in [0.1, 0.15) is 23.8 Å². The molecule has 0 bridgehead atoms. The number of methoxy groups -OCH3 is 2. The highest BCUT2D eigenvalue weighted by Gasteiger charge is 2.44. The molecule has 0 fully saturated rings. The number of nitrogens with zero attached hydrogens (tertiary/aromatic N) is 1. The van der Waals surface area contributed by atoms with Crippen LogP contribution in [0.2, 0.25) is 0 Å². The molecule has 7 nitrogen and oxygen atoms in total. The minimum absolute atomic E-state index is 0.0779. The fourth-order valence-electron chi connectivity index (χ4n) is 3.17. The van der Waals surface area contributed by atoms with E-state index >= 15 is 0 Å². The fourth-order valence-corrected chi connectivity index (χ4v) is 3.17. The van der Waals surface area contributed by atoms with Gasteiger partial charge in [0.25, 0.3) is 5.91 Å². The Morgan fingerprint density at radius 1 is 1.07 bits per heavy atom. The molecule has 0 saturated heterocycles. The monoisotopic (exact) mass is 369 g/mol. The Labute approximate surface area is 156 Å². The summed E-state index contributed by atoms with van der Waals surface area (Å²) in [4.78, 5) is 39.0. The quantitative estimate of drug-likeness (QED) is 0.727. The number of benzene rings is 1. The van der Waals surface area contributed by atoms with Gasteiger partial charge in [-0.15, -0.1) is 0 Å². The largest absolute Gasteiger partial charge is 0.469 e. The van der Waals surface area contributed by atoms with Crippen LogP contribution in [0.3, 0.4) is 0 Å². The molecule has 2 heterocycles. The molecule has 0 radical (unpaired) electrons. The molecule has 1 aliphatic heterocycles. The summed E-state index contributed by atoms with van der Waals surface area (Å²) < 4.78 is 15.0. The molecule has 7 heteroatoms. The Bertz CT molecular complexity index is 869. The third-order valence-electron chi connectivity index (χ3n) is 4.40. The van der Waals surface area contributed by atoms with Gasteiger partial charge in [-0.2, -0.15) is 0 Å². The lowest BCUT2D eigenvalue weighted by atomic mass is 9.96. The average Bonchev–Trinajstić information content (AvgIpc) is 3.30. The van der Waals surface area contributed by atoms with Crippen molar-refractivity contribution in [2.24, 2.45) is 0 Å². The highest BCUT2D eigenvalue weighted by molar-refractivity contribution is 6.09. The van der Waals surface area contributed by atoms with Gasteiger partial charge in [0.1, 0.15) is 5.76 Å². The van der Waals surface area contributed by atoms with Gasteiger partial charge >= 0.3 is 11.9 Å². The first-order chi connectivity index (χ1) is 13.1. The zero-order valence-corrected chi connectivity index (χ0v) is 15.0. The Hall–Kier alpha value is -3.35. The maximum Gasteiger partial charge on any atom is 0.336 e. The van der Waals surface area contributed by atoms with Crippen LogP contribution in [0.5, 0.6) is 0 Å². The summed E-state index contributed by atoms with van der Waals surface area (Å²) in [5, 5.41) is 0. The average molecular weight is 369 g/mol. The summed E-state index contributed by atoms with van der Waals surface area (Å²) in [6, 6.07) is 11.9. The molecule has 1 aromatic carbocycles. The summed E-state index contributed by atoms with van der Waals surface area (Å²) in [6.45, 7) is 0.149. The number of hydrogen-bond donors (Lipinski definition) is 0. The van der Waals surface area contributed by atoms with Crippen molar-refractivity contribution < 1.29 is 28.3 Å². The molecule has 1 aliphatic rings. The molecule has 1 unspecified atom stereocenters. The molecule has 140 valence electrons. The number of carbonyl (C=O) groups is 3. The van der Waals surface area contributed by atoms with Crippen molar-refractivity contribution in [2.75, 3.05) is 14.2 Å². The minimum Gasteiger partial charge on any atom is -0.469 e. The molecule has 2 aromatic rings. The van der Waals surface area contributed by atoms with Gasteiger partial charge in [-0.25, -0.2) is 4.79 Å². The van der Waals surface area contributed by atoms with E-state index in [0.717, 1.165) is 5.56 Å². The van der Waals surface area contributed by atoms with Crippen molar-refractivity contribution in [1.29, 1.82) is 0 Å². The Kier molecular flexibility index (Phi) is 5.40. The SMILES string of the molecule is COC(=O)CC1=C(C(=O)OC)C(c2ccccc2)N(Cc2ccco2)C1=O. The van der Waals surface area contributed by atoms with Gasteiger partial charge < -0.3 is 18.8 Å². The second-order valence-corrected chi connectivity index (χ2v) is 5.96. The van der Waals surface area contributed by atoms with Crippen LogP contribution >= 0.6 is 0 Å². The van der Waals surface area contributed by atoms with Crippen LogP contribution in [-0.4, -0.2) is 37.0 Å². The molecule has 0 N–H and O–H groups in total. The van der Waals surface area contributed by atoms with Crippen LogP contribution in [-0.2, 0) is 30.4 Å². The van der Waals surface area contributed by atoms with E-state index in [1.54, 1.807) is 12.1 Å². The molecule has 0 saturated carbocycles. The molecular formula is C20H19NO6. The lowest BCUT2D eigenvalue weighted by molar-refractivity contribution is -0.141. The Balaban J connectivity index is 2.10. The maximum atomic E-state index is 13.1. The second kappa shape index (κ2) is 7.90. The summed E-state index contributed by atoms with van der Waals surface area (Å²) >= 11 is 0. The number of hydrogen-bond acceptors (Lipinski definition) is 6. The highest BCUT2D eigenvalue weighted by atomic mass is 16.5.